The predicted octanol–water partition coefficient (Wildman–Crippen LogP) is 3.14. The van der Waals surface area contributed by atoms with E-state index in [0.29, 0.717) is 0 Å². The molecule has 20 heavy (non-hydrogen) atoms. The van der Waals surface area contributed by atoms with Crippen LogP contribution >= 0.6 is 0 Å². The monoisotopic (exact) mass is 310 g/mol. The average Bonchev–Trinajstić information content (AvgIpc) is 2.68. The number of benzene rings is 1. The van der Waals surface area contributed by atoms with Crippen molar-refractivity contribution < 1.29 is 8.42 Å². The molecule has 0 radical (unpaired) electrons. The van der Waals surface area contributed by atoms with Gasteiger partial charge in [-0.15, -0.1) is 0 Å². The lowest BCUT2D eigenvalue weighted by Crippen LogP contribution is -2.44. The fraction of sp³-hybridized carbons (Fsp3) is 0.429. The lowest BCUT2D eigenvalue weighted by molar-refractivity contribution is 0.598. The molecule has 0 spiro atoms. The Hall–Kier alpha value is -1.11. The summed E-state index contributed by atoms with van der Waals surface area (Å²) in [5.41, 5.74) is 0.947. The van der Waals surface area contributed by atoms with E-state index in [9.17, 15) is 8.42 Å². The molecular formula is C14H22N2O2SSi. The molecule has 0 unspecified atom stereocenters. The zero-order valence-electron chi connectivity index (χ0n) is 12.6. The van der Waals surface area contributed by atoms with Crippen LogP contribution in [-0.4, -0.2) is 20.9 Å². The van der Waals surface area contributed by atoms with Crippen LogP contribution in [0.15, 0.2) is 35.4 Å². The summed E-state index contributed by atoms with van der Waals surface area (Å²) in [6.07, 6.45) is 2.06. The van der Waals surface area contributed by atoms with Gasteiger partial charge in [-0.3, -0.25) is 0 Å². The second-order valence-electron chi connectivity index (χ2n) is 6.76. The van der Waals surface area contributed by atoms with Gasteiger partial charge >= 0.3 is 0 Å². The van der Waals surface area contributed by atoms with Gasteiger partial charge in [0.05, 0.1) is 4.90 Å². The number of hydrogen-bond acceptors (Lipinski definition) is 2. The molecule has 0 atom stereocenters. The van der Waals surface area contributed by atoms with Crippen LogP contribution in [0.3, 0.4) is 0 Å². The van der Waals surface area contributed by atoms with Crippen LogP contribution < -0.4 is 5.14 Å². The van der Waals surface area contributed by atoms with E-state index in [1.165, 1.54) is 0 Å². The third kappa shape index (κ3) is 2.43. The number of rotatable bonds is 2. The van der Waals surface area contributed by atoms with Crippen molar-refractivity contribution in [3.8, 4) is 0 Å². The Labute approximate surface area is 121 Å². The first-order chi connectivity index (χ1) is 8.94. The van der Waals surface area contributed by atoms with E-state index >= 15 is 0 Å². The molecule has 2 rings (SSSR count). The zero-order valence-corrected chi connectivity index (χ0v) is 14.5. The molecule has 1 aromatic heterocycles. The van der Waals surface area contributed by atoms with Gasteiger partial charge in [-0.25, -0.2) is 13.6 Å². The van der Waals surface area contributed by atoms with Crippen LogP contribution in [-0.2, 0) is 10.0 Å². The van der Waals surface area contributed by atoms with Gasteiger partial charge in [0.1, 0.15) is 0 Å². The van der Waals surface area contributed by atoms with Gasteiger partial charge in [-0.2, -0.15) is 0 Å². The maximum atomic E-state index is 11.5. The van der Waals surface area contributed by atoms with Gasteiger partial charge in [0.2, 0.25) is 10.0 Å². The summed E-state index contributed by atoms with van der Waals surface area (Å²) >= 11 is 0. The molecule has 6 heteroatoms. The van der Waals surface area contributed by atoms with Crippen LogP contribution in [0.2, 0.25) is 18.1 Å². The summed E-state index contributed by atoms with van der Waals surface area (Å²) in [6, 6.07) is 7.10. The number of nitrogens with zero attached hydrogens (tertiary/aromatic N) is 1. The molecular weight excluding hydrogens is 288 g/mol. The molecule has 1 heterocycles. The number of sulfonamides is 1. The van der Waals surface area contributed by atoms with Crippen LogP contribution in [0.1, 0.15) is 20.8 Å². The second kappa shape index (κ2) is 4.44. The Morgan fingerprint density at radius 3 is 2.25 bits per heavy atom. The van der Waals surface area contributed by atoms with Crippen molar-refractivity contribution in [1.29, 1.82) is 0 Å². The Bertz CT molecular complexity index is 755. The zero-order chi connectivity index (χ0) is 15.3. The third-order valence-corrected chi connectivity index (χ3v) is 10.6. The van der Waals surface area contributed by atoms with Crippen molar-refractivity contribution in [2.24, 2.45) is 5.14 Å². The van der Waals surface area contributed by atoms with E-state index in [0.717, 1.165) is 10.9 Å². The van der Waals surface area contributed by atoms with Crippen LogP contribution in [0.25, 0.3) is 10.9 Å². The fourth-order valence-corrected chi connectivity index (χ4v) is 4.63. The Morgan fingerprint density at radius 1 is 1.15 bits per heavy atom. The van der Waals surface area contributed by atoms with Gasteiger partial charge in [-0.05, 0) is 34.8 Å². The highest BCUT2D eigenvalue weighted by molar-refractivity contribution is 7.89. The summed E-state index contributed by atoms with van der Waals surface area (Å²) in [4.78, 5) is 0.170. The van der Waals surface area contributed by atoms with E-state index in [-0.39, 0.29) is 9.93 Å². The summed E-state index contributed by atoms with van der Waals surface area (Å²) in [7, 11) is -5.46. The fourth-order valence-electron chi connectivity index (χ4n) is 2.13. The highest BCUT2D eigenvalue weighted by atomic mass is 32.2. The number of fused-ring (bicyclic) bond motifs is 1. The molecule has 0 aliphatic carbocycles. The van der Waals surface area contributed by atoms with Crippen molar-refractivity contribution in [2.75, 3.05) is 0 Å². The molecule has 2 aromatic rings. The van der Waals surface area contributed by atoms with Gasteiger partial charge < -0.3 is 4.23 Å². The number of nitrogens with two attached hydrogens (primary N) is 1. The van der Waals surface area contributed by atoms with Crippen molar-refractivity contribution in [3.05, 3.63) is 30.5 Å². The molecule has 4 nitrogen and oxygen atoms in total. The smallest absolute Gasteiger partial charge is 0.238 e. The van der Waals surface area contributed by atoms with E-state index in [1.807, 2.05) is 12.1 Å². The van der Waals surface area contributed by atoms with E-state index < -0.39 is 18.3 Å². The normalized spacial score (nSPS) is 13.9. The molecule has 0 aliphatic rings. The van der Waals surface area contributed by atoms with Gasteiger partial charge in [0.25, 0.3) is 0 Å². The quantitative estimate of drug-likeness (QED) is 0.866. The Morgan fingerprint density at radius 2 is 1.75 bits per heavy atom. The first kappa shape index (κ1) is 15.3. The van der Waals surface area contributed by atoms with Crippen molar-refractivity contribution in [1.82, 2.24) is 4.23 Å². The molecule has 0 saturated heterocycles. The SMILES string of the molecule is CC(C)(C)[Si](C)(C)n1ccc2ccc(S(N)(=O)=O)cc21. The molecule has 110 valence electrons. The molecule has 0 bridgehead atoms. The first-order valence-electron chi connectivity index (χ1n) is 6.59. The van der Waals surface area contributed by atoms with E-state index in [1.54, 1.807) is 12.1 Å². The standard InChI is InChI=1S/C14H22N2O2SSi/c1-14(2,3)20(4,5)16-9-8-11-6-7-12(10-13(11)16)19(15,17)18/h6-10H,1-5H3,(H2,15,17,18). The molecule has 0 saturated carbocycles. The van der Waals surface area contributed by atoms with Gasteiger partial charge in [0, 0.05) is 5.52 Å². The lowest BCUT2D eigenvalue weighted by atomic mass is 10.2. The first-order valence-corrected chi connectivity index (χ1v) is 11.1. The topological polar surface area (TPSA) is 65.1 Å². The minimum atomic E-state index is -3.67. The third-order valence-electron chi connectivity index (χ3n) is 4.43. The van der Waals surface area contributed by atoms with Crippen molar-refractivity contribution in [3.63, 3.8) is 0 Å². The Kier molecular flexibility index (Phi) is 3.39. The summed E-state index contributed by atoms with van der Waals surface area (Å²) in [5.74, 6) is 0. The molecule has 2 N–H and O–H groups in total. The minimum absolute atomic E-state index is 0.163. The number of primary sulfonamides is 1. The van der Waals surface area contributed by atoms with Crippen molar-refractivity contribution >= 4 is 29.2 Å². The molecule has 0 aliphatic heterocycles. The number of hydrogen-bond donors (Lipinski definition) is 1. The molecule has 0 fully saturated rings. The minimum Gasteiger partial charge on any atom is -0.374 e. The van der Waals surface area contributed by atoms with Gasteiger partial charge in [-0.1, -0.05) is 39.9 Å². The Balaban J connectivity index is 2.74. The summed E-state index contributed by atoms with van der Waals surface area (Å²) in [6.45, 7) is 11.3. The highest BCUT2D eigenvalue weighted by Gasteiger charge is 2.38. The van der Waals surface area contributed by atoms with E-state index in [4.69, 9.17) is 5.14 Å². The summed E-state index contributed by atoms with van der Waals surface area (Å²) in [5, 5.41) is 6.44. The largest absolute Gasteiger partial charge is 0.374 e. The van der Waals surface area contributed by atoms with Crippen LogP contribution in [0.4, 0.5) is 0 Å². The highest BCUT2D eigenvalue weighted by Crippen LogP contribution is 2.39. The molecule has 1 aromatic carbocycles. The summed E-state index contributed by atoms with van der Waals surface area (Å²) < 4.78 is 25.3. The number of aromatic nitrogens is 1. The second-order valence-corrected chi connectivity index (χ2v) is 13.4. The predicted molar refractivity (Wildman–Crippen MR) is 85.9 cm³/mol. The maximum Gasteiger partial charge on any atom is 0.238 e. The van der Waals surface area contributed by atoms with Crippen molar-refractivity contribution in [2.45, 2.75) is 43.8 Å². The van der Waals surface area contributed by atoms with Crippen LogP contribution in [0.5, 0.6) is 0 Å². The average molecular weight is 310 g/mol. The van der Waals surface area contributed by atoms with E-state index in [2.05, 4.69) is 44.3 Å². The van der Waals surface area contributed by atoms with Crippen LogP contribution in [0, 0.1) is 0 Å². The maximum absolute atomic E-state index is 11.5. The molecule has 0 amide bonds. The lowest BCUT2D eigenvalue weighted by Gasteiger charge is -2.38. The van der Waals surface area contributed by atoms with Gasteiger partial charge in [0.15, 0.2) is 8.24 Å².